The first-order chi connectivity index (χ1) is 10.1. The standard InChI is InChI=1S/C14H21NO6/c1-11(16)13-10-12(15(17)18)4-5-14(13)21-9-8-20-7-3-6-19-2/h4-5,10-11,16H,3,6-9H2,1-2H3. The largest absolute Gasteiger partial charge is 0.491 e. The highest BCUT2D eigenvalue weighted by molar-refractivity contribution is 5.44. The first kappa shape index (κ1) is 17.4. The number of ether oxygens (including phenoxy) is 3. The number of hydrogen-bond acceptors (Lipinski definition) is 6. The molecule has 1 N–H and O–H groups in total. The second kappa shape index (κ2) is 9.28. The summed E-state index contributed by atoms with van der Waals surface area (Å²) in [6.07, 6.45) is -0.0324. The van der Waals surface area contributed by atoms with Crippen molar-refractivity contribution in [1.82, 2.24) is 0 Å². The highest BCUT2D eigenvalue weighted by Gasteiger charge is 2.15. The third kappa shape index (κ3) is 6.07. The Morgan fingerprint density at radius 3 is 2.67 bits per heavy atom. The van der Waals surface area contributed by atoms with Crippen LogP contribution in [0, 0.1) is 10.1 Å². The first-order valence-corrected chi connectivity index (χ1v) is 6.72. The molecule has 0 saturated heterocycles. The van der Waals surface area contributed by atoms with Crippen LogP contribution in [0.5, 0.6) is 5.75 Å². The van der Waals surface area contributed by atoms with E-state index >= 15 is 0 Å². The van der Waals surface area contributed by atoms with E-state index in [4.69, 9.17) is 14.2 Å². The minimum atomic E-state index is -0.845. The molecular formula is C14H21NO6. The molecule has 0 aromatic heterocycles. The SMILES string of the molecule is COCCCOCCOc1ccc([N+](=O)[O-])cc1C(C)O. The number of benzene rings is 1. The predicted molar refractivity (Wildman–Crippen MR) is 76.5 cm³/mol. The van der Waals surface area contributed by atoms with Crippen LogP contribution in [0.2, 0.25) is 0 Å². The fourth-order valence-corrected chi connectivity index (χ4v) is 1.73. The van der Waals surface area contributed by atoms with Crippen molar-refractivity contribution in [2.75, 3.05) is 33.5 Å². The van der Waals surface area contributed by atoms with E-state index in [0.717, 1.165) is 6.42 Å². The predicted octanol–water partition coefficient (Wildman–Crippen LogP) is 2.08. The van der Waals surface area contributed by atoms with Gasteiger partial charge in [-0.25, -0.2) is 0 Å². The van der Waals surface area contributed by atoms with Crippen molar-refractivity contribution < 1.29 is 24.2 Å². The summed E-state index contributed by atoms with van der Waals surface area (Å²) in [4.78, 5) is 10.2. The lowest BCUT2D eigenvalue weighted by atomic mass is 10.1. The minimum absolute atomic E-state index is 0.0749. The van der Waals surface area contributed by atoms with E-state index in [2.05, 4.69) is 0 Å². The maximum atomic E-state index is 10.7. The van der Waals surface area contributed by atoms with Gasteiger partial charge in [0.25, 0.3) is 5.69 Å². The Kier molecular flexibility index (Phi) is 7.66. The second-order valence-corrected chi connectivity index (χ2v) is 4.46. The van der Waals surface area contributed by atoms with E-state index in [1.807, 2.05) is 0 Å². The summed E-state index contributed by atoms with van der Waals surface area (Å²) < 4.78 is 15.7. The lowest BCUT2D eigenvalue weighted by Crippen LogP contribution is -2.10. The third-order valence-electron chi connectivity index (χ3n) is 2.78. The number of methoxy groups -OCH3 is 1. The Morgan fingerprint density at radius 1 is 1.29 bits per heavy atom. The van der Waals surface area contributed by atoms with Gasteiger partial charge >= 0.3 is 0 Å². The third-order valence-corrected chi connectivity index (χ3v) is 2.78. The number of nitrogens with zero attached hydrogens (tertiary/aromatic N) is 1. The van der Waals surface area contributed by atoms with E-state index < -0.39 is 11.0 Å². The summed E-state index contributed by atoms with van der Waals surface area (Å²) in [5.41, 5.74) is 0.317. The minimum Gasteiger partial charge on any atom is -0.491 e. The molecule has 1 aromatic carbocycles. The number of non-ortho nitro benzene ring substituents is 1. The van der Waals surface area contributed by atoms with Gasteiger partial charge in [0, 0.05) is 38.0 Å². The van der Waals surface area contributed by atoms with Crippen LogP contribution >= 0.6 is 0 Å². The zero-order chi connectivity index (χ0) is 15.7. The number of nitro benzene ring substituents is 1. The summed E-state index contributed by atoms with van der Waals surface area (Å²) in [6.45, 7) is 3.48. The van der Waals surface area contributed by atoms with Gasteiger partial charge < -0.3 is 19.3 Å². The number of nitro groups is 1. The molecule has 0 amide bonds. The zero-order valence-electron chi connectivity index (χ0n) is 12.3. The van der Waals surface area contributed by atoms with E-state index in [1.165, 1.54) is 25.1 Å². The fraction of sp³-hybridized carbons (Fsp3) is 0.571. The van der Waals surface area contributed by atoms with Crippen LogP contribution in [0.15, 0.2) is 18.2 Å². The van der Waals surface area contributed by atoms with Crippen molar-refractivity contribution in [2.24, 2.45) is 0 Å². The summed E-state index contributed by atoms with van der Waals surface area (Å²) in [5, 5.41) is 20.4. The Labute approximate surface area is 123 Å². The molecule has 118 valence electrons. The number of aliphatic hydroxyl groups is 1. The van der Waals surface area contributed by atoms with Crippen LogP contribution in [0.4, 0.5) is 5.69 Å². The Morgan fingerprint density at radius 2 is 2.05 bits per heavy atom. The van der Waals surface area contributed by atoms with Crippen LogP contribution in [0.3, 0.4) is 0 Å². The van der Waals surface area contributed by atoms with Gasteiger partial charge in [-0.3, -0.25) is 10.1 Å². The van der Waals surface area contributed by atoms with Crippen molar-refractivity contribution in [3.63, 3.8) is 0 Å². The summed E-state index contributed by atoms with van der Waals surface area (Å²) in [6, 6.07) is 4.16. The maximum Gasteiger partial charge on any atom is 0.270 e. The molecule has 0 bridgehead atoms. The van der Waals surface area contributed by atoms with Gasteiger partial charge in [0.05, 0.1) is 17.6 Å². The Hall–Kier alpha value is -1.70. The molecule has 1 atom stereocenters. The fourth-order valence-electron chi connectivity index (χ4n) is 1.73. The van der Waals surface area contributed by atoms with Gasteiger partial charge in [0.15, 0.2) is 0 Å². The Bertz CT molecular complexity index is 449. The summed E-state index contributed by atoms with van der Waals surface area (Å²) >= 11 is 0. The Balaban J connectivity index is 2.49. The first-order valence-electron chi connectivity index (χ1n) is 6.72. The van der Waals surface area contributed by atoms with Crippen LogP contribution in [0.25, 0.3) is 0 Å². The maximum absolute atomic E-state index is 10.7. The monoisotopic (exact) mass is 299 g/mol. The number of rotatable bonds is 10. The van der Waals surface area contributed by atoms with Crippen molar-refractivity contribution in [1.29, 1.82) is 0 Å². The van der Waals surface area contributed by atoms with Gasteiger partial charge in [-0.05, 0) is 19.4 Å². The molecule has 0 aliphatic heterocycles. The van der Waals surface area contributed by atoms with E-state index in [-0.39, 0.29) is 5.69 Å². The molecule has 7 heteroatoms. The second-order valence-electron chi connectivity index (χ2n) is 4.46. The molecule has 0 fully saturated rings. The topological polar surface area (TPSA) is 91.1 Å². The van der Waals surface area contributed by atoms with Gasteiger partial charge in [0.2, 0.25) is 0 Å². The van der Waals surface area contributed by atoms with Gasteiger partial charge in [0.1, 0.15) is 12.4 Å². The lowest BCUT2D eigenvalue weighted by Gasteiger charge is -2.13. The molecule has 0 aliphatic rings. The molecule has 0 saturated carbocycles. The van der Waals surface area contributed by atoms with Gasteiger partial charge in [-0.15, -0.1) is 0 Å². The molecule has 0 spiro atoms. The normalized spacial score (nSPS) is 12.1. The highest BCUT2D eigenvalue weighted by Crippen LogP contribution is 2.29. The molecule has 0 heterocycles. The van der Waals surface area contributed by atoms with Crippen molar-refractivity contribution in [2.45, 2.75) is 19.4 Å². The van der Waals surface area contributed by atoms with Crippen LogP contribution < -0.4 is 4.74 Å². The van der Waals surface area contributed by atoms with Crippen LogP contribution in [-0.4, -0.2) is 43.6 Å². The summed E-state index contributed by atoms with van der Waals surface area (Å²) in [7, 11) is 1.63. The van der Waals surface area contributed by atoms with Crippen molar-refractivity contribution in [3.05, 3.63) is 33.9 Å². The van der Waals surface area contributed by atoms with Crippen molar-refractivity contribution >= 4 is 5.69 Å². The zero-order valence-corrected chi connectivity index (χ0v) is 12.3. The number of aliphatic hydroxyl groups excluding tert-OH is 1. The molecule has 1 aromatic rings. The highest BCUT2D eigenvalue weighted by atomic mass is 16.6. The molecule has 0 radical (unpaired) electrons. The average molecular weight is 299 g/mol. The van der Waals surface area contributed by atoms with Crippen molar-refractivity contribution in [3.8, 4) is 5.75 Å². The van der Waals surface area contributed by atoms with Gasteiger partial charge in [-0.2, -0.15) is 0 Å². The molecular weight excluding hydrogens is 278 g/mol. The van der Waals surface area contributed by atoms with Gasteiger partial charge in [-0.1, -0.05) is 0 Å². The number of hydrogen-bond donors (Lipinski definition) is 1. The van der Waals surface area contributed by atoms with E-state index in [0.29, 0.717) is 37.7 Å². The van der Waals surface area contributed by atoms with E-state index in [9.17, 15) is 15.2 Å². The molecule has 1 rings (SSSR count). The van der Waals surface area contributed by atoms with Crippen LogP contribution in [-0.2, 0) is 9.47 Å². The van der Waals surface area contributed by atoms with E-state index in [1.54, 1.807) is 7.11 Å². The summed E-state index contributed by atoms with van der Waals surface area (Å²) in [5.74, 6) is 0.427. The quantitative estimate of drug-likeness (QED) is 0.404. The molecule has 0 aliphatic carbocycles. The molecule has 1 unspecified atom stereocenters. The molecule has 21 heavy (non-hydrogen) atoms. The lowest BCUT2D eigenvalue weighted by molar-refractivity contribution is -0.385. The van der Waals surface area contributed by atoms with Crippen LogP contribution in [0.1, 0.15) is 25.0 Å². The smallest absolute Gasteiger partial charge is 0.270 e. The average Bonchev–Trinajstić information content (AvgIpc) is 2.46. The molecule has 7 nitrogen and oxygen atoms in total.